The molecule has 0 unspecified atom stereocenters. The molecule has 9 nitrogen and oxygen atoms in total. The number of anilines is 1. The highest BCUT2D eigenvalue weighted by atomic mass is 16.1. The quantitative estimate of drug-likeness (QED) is 0.321. The molecule has 0 radical (unpaired) electrons. The standard InChI is InChI=1S/C25H24N8O/c34-24(7-15-1-4-26-5-2-15)30-18-8-17(11-28-12-18)20-10-19-23(14-29-20)32-33-25(19)21-9-16-3-6-27-13-22(16)31-21/h3,6,8-15,26,31H,1-2,4-5,7H2,(H,30,34)(H,32,33). The predicted octanol–water partition coefficient (Wildman–Crippen LogP) is 3.89. The molecule has 5 aromatic rings. The fraction of sp³-hybridized carbons (Fsp3) is 0.240. The lowest BCUT2D eigenvalue weighted by molar-refractivity contribution is -0.117. The Morgan fingerprint density at radius 1 is 1.03 bits per heavy atom. The van der Waals surface area contributed by atoms with Gasteiger partial charge in [0.2, 0.25) is 5.91 Å². The first-order chi connectivity index (χ1) is 16.7. The van der Waals surface area contributed by atoms with Crippen LogP contribution in [0.15, 0.2) is 55.2 Å². The van der Waals surface area contributed by atoms with Crippen LogP contribution in [0.5, 0.6) is 0 Å². The molecule has 0 spiro atoms. The Labute approximate surface area is 195 Å². The molecule has 6 rings (SSSR count). The van der Waals surface area contributed by atoms with Crippen molar-refractivity contribution in [1.29, 1.82) is 0 Å². The van der Waals surface area contributed by atoms with Crippen molar-refractivity contribution >= 4 is 33.4 Å². The van der Waals surface area contributed by atoms with Crippen LogP contribution in [0, 0.1) is 5.92 Å². The van der Waals surface area contributed by atoms with Gasteiger partial charge in [-0.1, -0.05) is 0 Å². The van der Waals surface area contributed by atoms with Crippen LogP contribution in [0.1, 0.15) is 19.3 Å². The zero-order valence-corrected chi connectivity index (χ0v) is 18.5. The molecule has 34 heavy (non-hydrogen) atoms. The number of hydrogen-bond acceptors (Lipinski definition) is 6. The van der Waals surface area contributed by atoms with Crippen LogP contribution in [0.3, 0.4) is 0 Å². The topological polar surface area (TPSA) is 124 Å². The van der Waals surface area contributed by atoms with E-state index in [1.54, 1.807) is 31.0 Å². The molecule has 0 aliphatic carbocycles. The van der Waals surface area contributed by atoms with Gasteiger partial charge in [-0.3, -0.25) is 24.8 Å². The third-order valence-corrected chi connectivity index (χ3v) is 6.38. The first-order valence-corrected chi connectivity index (χ1v) is 11.5. The number of rotatable bonds is 5. The van der Waals surface area contributed by atoms with Crippen molar-refractivity contribution in [1.82, 2.24) is 35.5 Å². The number of carbonyl (C=O) groups is 1. The number of fused-ring (bicyclic) bond motifs is 2. The SMILES string of the molecule is O=C(CC1CCNCC1)Nc1cncc(-c2cc3c(-c4cc5ccncc5[nH]4)n[nH]c3cn2)c1. The maximum absolute atomic E-state index is 12.5. The van der Waals surface area contributed by atoms with Crippen molar-refractivity contribution in [2.75, 3.05) is 18.4 Å². The van der Waals surface area contributed by atoms with Crippen molar-refractivity contribution in [2.45, 2.75) is 19.3 Å². The lowest BCUT2D eigenvalue weighted by atomic mass is 9.94. The molecule has 0 bridgehead atoms. The molecule has 0 atom stereocenters. The second-order valence-electron chi connectivity index (χ2n) is 8.74. The van der Waals surface area contributed by atoms with Crippen molar-refractivity contribution in [2.24, 2.45) is 5.92 Å². The third kappa shape index (κ3) is 4.01. The summed E-state index contributed by atoms with van der Waals surface area (Å²) in [5, 5.41) is 15.9. The van der Waals surface area contributed by atoms with Crippen molar-refractivity contribution in [3.05, 3.63) is 55.2 Å². The minimum absolute atomic E-state index is 0.0275. The Morgan fingerprint density at radius 3 is 2.82 bits per heavy atom. The van der Waals surface area contributed by atoms with E-state index in [9.17, 15) is 4.79 Å². The molecule has 1 aliphatic rings. The molecule has 170 valence electrons. The lowest BCUT2D eigenvalue weighted by Crippen LogP contribution is -2.30. The maximum atomic E-state index is 12.5. The first-order valence-electron chi connectivity index (χ1n) is 11.5. The lowest BCUT2D eigenvalue weighted by Gasteiger charge is -2.21. The highest BCUT2D eigenvalue weighted by Crippen LogP contribution is 2.31. The second-order valence-corrected chi connectivity index (χ2v) is 8.74. The van der Waals surface area contributed by atoms with E-state index in [1.165, 1.54) is 0 Å². The Morgan fingerprint density at radius 2 is 1.94 bits per heavy atom. The van der Waals surface area contributed by atoms with Crippen LogP contribution in [0.25, 0.3) is 44.5 Å². The van der Waals surface area contributed by atoms with Crippen molar-refractivity contribution < 1.29 is 4.79 Å². The van der Waals surface area contributed by atoms with Crippen LogP contribution < -0.4 is 10.6 Å². The monoisotopic (exact) mass is 452 g/mol. The zero-order valence-electron chi connectivity index (χ0n) is 18.5. The summed E-state index contributed by atoms with van der Waals surface area (Å²) in [6.45, 7) is 1.96. The normalized spacial score (nSPS) is 14.6. The van der Waals surface area contributed by atoms with Crippen molar-refractivity contribution in [3.8, 4) is 22.6 Å². The number of piperidine rings is 1. The van der Waals surface area contributed by atoms with Gasteiger partial charge < -0.3 is 15.6 Å². The molecule has 1 aliphatic heterocycles. The summed E-state index contributed by atoms with van der Waals surface area (Å²) in [6, 6.07) is 7.94. The number of amides is 1. The van der Waals surface area contributed by atoms with Gasteiger partial charge in [-0.2, -0.15) is 5.10 Å². The first kappa shape index (κ1) is 20.5. The van der Waals surface area contributed by atoms with Crippen LogP contribution >= 0.6 is 0 Å². The molecular formula is C25H24N8O. The largest absolute Gasteiger partial charge is 0.352 e. The highest BCUT2D eigenvalue weighted by Gasteiger charge is 2.17. The Kier molecular flexibility index (Phi) is 5.23. The number of hydrogen-bond donors (Lipinski definition) is 4. The van der Waals surface area contributed by atoms with E-state index in [-0.39, 0.29) is 5.91 Å². The summed E-state index contributed by atoms with van der Waals surface area (Å²) in [4.78, 5) is 29.0. The van der Waals surface area contributed by atoms with E-state index in [0.29, 0.717) is 18.0 Å². The summed E-state index contributed by atoms with van der Waals surface area (Å²) in [5.41, 5.74) is 5.78. The van der Waals surface area contributed by atoms with Gasteiger partial charge in [-0.15, -0.1) is 0 Å². The van der Waals surface area contributed by atoms with Gasteiger partial charge in [0, 0.05) is 35.2 Å². The minimum atomic E-state index is 0.0275. The molecule has 4 N–H and O–H groups in total. The van der Waals surface area contributed by atoms with Gasteiger partial charge in [0.25, 0.3) is 0 Å². The van der Waals surface area contributed by atoms with E-state index in [0.717, 1.165) is 70.4 Å². The summed E-state index contributed by atoms with van der Waals surface area (Å²) >= 11 is 0. The number of carbonyl (C=O) groups excluding carboxylic acids is 1. The number of aromatic amines is 2. The Balaban J connectivity index is 1.27. The summed E-state index contributed by atoms with van der Waals surface area (Å²) in [5.74, 6) is 0.459. The summed E-state index contributed by atoms with van der Waals surface area (Å²) in [6.07, 6.45) is 11.4. The van der Waals surface area contributed by atoms with Crippen LogP contribution in [0.2, 0.25) is 0 Å². The molecule has 1 saturated heterocycles. The molecule has 1 amide bonds. The summed E-state index contributed by atoms with van der Waals surface area (Å²) in [7, 11) is 0. The predicted molar refractivity (Wildman–Crippen MR) is 131 cm³/mol. The van der Waals surface area contributed by atoms with Gasteiger partial charge in [0.1, 0.15) is 5.69 Å². The van der Waals surface area contributed by atoms with Crippen LogP contribution in [0.4, 0.5) is 5.69 Å². The molecule has 5 aromatic heterocycles. The zero-order chi connectivity index (χ0) is 22.9. The van der Waals surface area contributed by atoms with E-state index >= 15 is 0 Å². The number of nitrogens with one attached hydrogen (secondary N) is 4. The Hall–Kier alpha value is -4.11. The second kappa shape index (κ2) is 8.68. The fourth-order valence-corrected chi connectivity index (χ4v) is 4.59. The smallest absolute Gasteiger partial charge is 0.224 e. The van der Waals surface area contributed by atoms with Crippen LogP contribution in [-0.2, 0) is 4.79 Å². The Bertz CT molecular complexity index is 1450. The van der Waals surface area contributed by atoms with E-state index < -0.39 is 0 Å². The van der Waals surface area contributed by atoms with Gasteiger partial charge in [0.15, 0.2) is 0 Å². The number of aromatic nitrogens is 6. The number of nitrogens with zero attached hydrogens (tertiary/aromatic N) is 4. The summed E-state index contributed by atoms with van der Waals surface area (Å²) < 4.78 is 0. The maximum Gasteiger partial charge on any atom is 0.224 e. The molecule has 1 fully saturated rings. The van der Waals surface area contributed by atoms with E-state index in [1.807, 2.05) is 18.2 Å². The molecule has 0 aromatic carbocycles. The van der Waals surface area contributed by atoms with E-state index in [2.05, 4.69) is 46.8 Å². The molecule has 0 saturated carbocycles. The fourth-order valence-electron chi connectivity index (χ4n) is 4.59. The van der Waals surface area contributed by atoms with Gasteiger partial charge >= 0.3 is 0 Å². The van der Waals surface area contributed by atoms with Gasteiger partial charge in [-0.25, -0.2) is 0 Å². The average molecular weight is 453 g/mol. The molecule has 9 heteroatoms. The van der Waals surface area contributed by atoms with Gasteiger partial charge in [-0.05, 0) is 56.1 Å². The molecule has 6 heterocycles. The number of H-pyrrole nitrogens is 2. The molecular weight excluding hydrogens is 428 g/mol. The average Bonchev–Trinajstić information content (AvgIpc) is 3.48. The highest BCUT2D eigenvalue weighted by molar-refractivity contribution is 5.97. The van der Waals surface area contributed by atoms with Crippen LogP contribution in [-0.4, -0.2) is 49.1 Å². The van der Waals surface area contributed by atoms with E-state index in [4.69, 9.17) is 0 Å². The van der Waals surface area contributed by atoms with Crippen molar-refractivity contribution in [3.63, 3.8) is 0 Å². The third-order valence-electron chi connectivity index (χ3n) is 6.38. The van der Waals surface area contributed by atoms with Gasteiger partial charge in [0.05, 0.1) is 46.7 Å². The minimum Gasteiger partial charge on any atom is -0.352 e. The number of pyridine rings is 3.